The minimum atomic E-state index is -0.391. The highest BCUT2D eigenvalue weighted by atomic mass is 16.5. The van der Waals surface area contributed by atoms with E-state index < -0.39 is 5.91 Å². The molecule has 0 aliphatic rings. The Kier molecular flexibility index (Phi) is 7.88. The molecule has 3 aromatic rings. The fourth-order valence-electron chi connectivity index (χ4n) is 2.84. The molecule has 0 aromatic heterocycles. The van der Waals surface area contributed by atoms with Gasteiger partial charge in [-0.3, -0.25) is 4.79 Å². The van der Waals surface area contributed by atoms with Gasteiger partial charge in [-0.2, -0.15) is 5.10 Å². The first-order chi connectivity index (χ1) is 15.2. The van der Waals surface area contributed by atoms with Crippen LogP contribution >= 0.6 is 0 Å². The monoisotopic (exact) mass is 420 g/mol. The fraction of sp³-hybridized carbons (Fsp3) is 0.167. The lowest BCUT2D eigenvalue weighted by molar-refractivity contribution is 0.0950. The van der Waals surface area contributed by atoms with E-state index in [-0.39, 0.29) is 0 Å². The quantitative estimate of drug-likeness (QED) is 0.306. The van der Waals surface area contributed by atoms with Gasteiger partial charge in [0.05, 0.1) is 26.0 Å². The zero-order chi connectivity index (χ0) is 21.9. The molecule has 3 rings (SSSR count). The number of benzene rings is 3. The summed E-state index contributed by atoms with van der Waals surface area (Å²) in [6.07, 6.45) is 1.50. The lowest BCUT2D eigenvalue weighted by atomic mass is 10.2. The molecular formula is C24H24N2O5. The van der Waals surface area contributed by atoms with Gasteiger partial charge in [-0.05, 0) is 36.4 Å². The molecule has 0 fully saturated rings. The van der Waals surface area contributed by atoms with Crippen molar-refractivity contribution in [3.05, 3.63) is 83.9 Å². The number of nitrogens with one attached hydrogen (secondary N) is 1. The van der Waals surface area contributed by atoms with E-state index in [2.05, 4.69) is 10.5 Å². The fourth-order valence-corrected chi connectivity index (χ4v) is 2.84. The Balaban J connectivity index is 1.59. The first-order valence-corrected chi connectivity index (χ1v) is 9.67. The van der Waals surface area contributed by atoms with Crippen molar-refractivity contribution in [1.82, 2.24) is 5.43 Å². The van der Waals surface area contributed by atoms with Gasteiger partial charge < -0.3 is 18.9 Å². The number of carbonyl (C=O) groups is 1. The van der Waals surface area contributed by atoms with Crippen molar-refractivity contribution in [3.8, 4) is 23.0 Å². The largest absolute Gasteiger partial charge is 0.493 e. The Morgan fingerprint density at radius 3 is 2.32 bits per heavy atom. The summed E-state index contributed by atoms with van der Waals surface area (Å²) in [5, 5.41) is 4.04. The molecule has 0 unspecified atom stereocenters. The molecule has 0 saturated carbocycles. The van der Waals surface area contributed by atoms with Crippen LogP contribution in [0.3, 0.4) is 0 Å². The second-order valence-corrected chi connectivity index (χ2v) is 6.29. The van der Waals surface area contributed by atoms with Crippen molar-refractivity contribution in [3.63, 3.8) is 0 Å². The molecule has 1 N–H and O–H groups in total. The highest BCUT2D eigenvalue weighted by Crippen LogP contribution is 2.29. The first-order valence-electron chi connectivity index (χ1n) is 9.67. The molecule has 1 amide bonds. The maximum Gasteiger partial charge on any atom is 0.275 e. The van der Waals surface area contributed by atoms with Crippen LogP contribution in [0.5, 0.6) is 23.0 Å². The zero-order valence-electron chi connectivity index (χ0n) is 17.4. The molecule has 0 aliphatic carbocycles. The Morgan fingerprint density at radius 2 is 1.55 bits per heavy atom. The first kappa shape index (κ1) is 21.7. The number of methoxy groups -OCH3 is 2. The van der Waals surface area contributed by atoms with Gasteiger partial charge in [-0.15, -0.1) is 0 Å². The summed E-state index contributed by atoms with van der Waals surface area (Å²) in [5.74, 6) is 1.93. The van der Waals surface area contributed by atoms with Crippen molar-refractivity contribution in [1.29, 1.82) is 0 Å². The number of hydrazone groups is 1. The predicted octanol–water partition coefficient (Wildman–Crippen LogP) is 3.93. The molecule has 0 spiro atoms. The molecule has 7 nitrogen and oxygen atoms in total. The number of hydrogen-bond acceptors (Lipinski definition) is 6. The third-order valence-corrected chi connectivity index (χ3v) is 4.29. The van der Waals surface area contributed by atoms with E-state index in [0.717, 1.165) is 5.75 Å². The molecule has 7 heteroatoms. The van der Waals surface area contributed by atoms with Crippen LogP contribution in [-0.2, 0) is 0 Å². The zero-order valence-corrected chi connectivity index (χ0v) is 17.4. The normalized spacial score (nSPS) is 10.5. The predicted molar refractivity (Wildman–Crippen MR) is 118 cm³/mol. The standard InChI is InChI=1S/C24H24N2O5/c1-28-22-14-8-9-18(23(22)29-2)17-25-26-24(27)20-12-6-7-13-21(20)31-16-15-30-19-10-4-3-5-11-19/h3-14,17H,15-16H2,1-2H3,(H,26,27)/b25-17-. The van der Waals surface area contributed by atoms with Crippen molar-refractivity contribution >= 4 is 12.1 Å². The number of para-hydroxylation sites is 3. The number of amides is 1. The summed E-state index contributed by atoms with van der Waals surface area (Å²) in [6.45, 7) is 0.650. The maximum absolute atomic E-state index is 12.6. The molecule has 3 aromatic carbocycles. The maximum atomic E-state index is 12.6. The van der Waals surface area contributed by atoms with Gasteiger partial charge in [-0.25, -0.2) is 5.43 Å². The number of rotatable bonds is 10. The van der Waals surface area contributed by atoms with Gasteiger partial charge in [0.1, 0.15) is 24.7 Å². The van der Waals surface area contributed by atoms with Crippen molar-refractivity contribution < 1.29 is 23.7 Å². The number of ether oxygens (including phenoxy) is 4. The topological polar surface area (TPSA) is 78.4 Å². The third-order valence-electron chi connectivity index (χ3n) is 4.29. The Morgan fingerprint density at radius 1 is 0.839 bits per heavy atom. The molecule has 0 aliphatic heterocycles. The van der Waals surface area contributed by atoms with Gasteiger partial charge in [-0.1, -0.05) is 36.4 Å². The second-order valence-electron chi connectivity index (χ2n) is 6.29. The molecule has 160 valence electrons. The van der Waals surface area contributed by atoms with Gasteiger partial charge >= 0.3 is 0 Å². The van der Waals surface area contributed by atoms with E-state index in [9.17, 15) is 4.79 Å². The summed E-state index contributed by atoms with van der Waals surface area (Å²) >= 11 is 0. The van der Waals surface area contributed by atoms with Crippen LogP contribution in [0.1, 0.15) is 15.9 Å². The number of hydrogen-bond donors (Lipinski definition) is 1. The Bertz CT molecular complexity index is 1020. The van der Waals surface area contributed by atoms with Gasteiger partial charge in [0.15, 0.2) is 11.5 Å². The van der Waals surface area contributed by atoms with Crippen molar-refractivity contribution in [2.45, 2.75) is 0 Å². The van der Waals surface area contributed by atoms with Gasteiger partial charge in [0.2, 0.25) is 0 Å². The smallest absolute Gasteiger partial charge is 0.275 e. The third kappa shape index (κ3) is 5.99. The highest BCUT2D eigenvalue weighted by molar-refractivity contribution is 5.97. The minimum Gasteiger partial charge on any atom is -0.493 e. The van der Waals surface area contributed by atoms with Crippen LogP contribution in [0.4, 0.5) is 0 Å². The average Bonchev–Trinajstić information content (AvgIpc) is 2.82. The van der Waals surface area contributed by atoms with Crippen LogP contribution < -0.4 is 24.4 Å². The van der Waals surface area contributed by atoms with E-state index in [1.807, 2.05) is 36.4 Å². The lowest BCUT2D eigenvalue weighted by Gasteiger charge is -2.11. The minimum absolute atomic E-state index is 0.295. The van der Waals surface area contributed by atoms with Crippen molar-refractivity contribution in [2.75, 3.05) is 27.4 Å². The highest BCUT2D eigenvalue weighted by Gasteiger charge is 2.12. The van der Waals surface area contributed by atoms with Crippen molar-refractivity contribution in [2.24, 2.45) is 5.10 Å². The SMILES string of the molecule is COc1cccc(/C=N\NC(=O)c2ccccc2OCCOc2ccccc2)c1OC. The van der Waals surface area contributed by atoms with E-state index in [0.29, 0.717) is 41.6 Å². The van der Waals surface area contributed by atoms with Gasteiger partial charge in [0, 0.05) is 5.56 Å². The molecule has 0 atom stereocenters. The summed E-state index contributed by atoms with van der Waals surface area (Å²) in [4.78, 5) is 12.6. The van der Waals surface area contributed by atoms with E-state index in [1.165, 1.54) is 6.21 Å². The summed E-state index contributed by atoms with van der Waals surface area (Å²) in [7, 11) is 3.10. The average molecular weight is 420 g/mol. The molecular weight excluding hydrogens is 396 g/mol. The molecule has 0 heterocycles. The molecule has 0 radical (unpaired) electrons. The molecule has 0 bridgehead atoms. The Labute approximate surface area is 181 Å². The van der Waals surface area contributed by atoms with Crippen LogP contribution in [0.2, 0.25) is 0 Å². The van der Waals surface area contributed by atoms with E-state index in [1.54, 1.807) is 50.6 Å². The second kappa shape index (κ2) is 11.3. The summed E-state index contributed by atoms with van der Waals surface area (Å²) in [5.41, 5.74) is 3.56. The Hall–Kier alpha value is -4.00. The summed E-state index contributed by atoms with van der Waals surface area (Å²) < 4.78 is 22.0. The lowest BCUT2D eigenvalue weighted by Crippen LogP contribution is -2.19. The van der Waals surface area contributed by atoms with Crippen LogP contribution in [0.15, 0.2) is 77.9 Å². The molecule has 0 saturated heterocycles. The summed E-state index contributed by atoms with van der Waals surface area (Å²) in [6, 6.07) is 21.8. The van der Waals surface area contributed by atoms with Crippen LogP contribution in [-0.4, -0.2) is 39.6 Å². The van der Waals surface area contributed by atoms with Gasteiger partial charge in [0.25, 0.3) is 5.91 Å². The van der Waals surface area contributed by atoms with E-state index >= 15 is 0 Å². The van der Waals surface area contributed by atoms with Crippen LogP contribution in [0.25, 0.3) is 0 Å². The number of carbonyl (C=O) groups excluding carboxylic acids is 1. The number of nitrogens with zero attached hydrogens (tertiary/aromatic N) is 1. The van der Waals surface area contributed by atoms with Crippen LogP contribution in [0, 0.1) is 0 Å². The molecule has 31 heavy (non-hydrogen) atoms. The van der Waals surface area contributed by atoms with E-state index in [4.69, 9.17) is 18.9 Å².